The molecule has 134 valence electrons. The molecule has 1 heterocycles. The molecule has 1 aliphatic heterocycles. The van der Waals surface area contributed by atoms with E-state index < -0.39 is 5.60 Å². The summed E-state index contributed by atoms with van der Waals surface area (Å²) in [5.41, 5.74) is -0.399. The summed E-state index contributed by atoms with van der Waals surface area (Å²) in [5, 5.41) is 0.807. The van der Waals surface area contributed by atoms with Crippen LogP contribution in [-0.2, 0) is 4.74 Å². The van der Waals surface area contributed by atoms with Crippen LogP contribution in [-0.4, -0.2) is 65.7 Å². The zero-order chi connectivity index (χ0) is 17.0. The van der Waals surface area contributed by atoms with E-state index in [-0.39, 0.29) is 6.09 Å². The minimum Gasteiger partial charge on any atom is -0.444 e. The van der Waals surface area contributed by atoms with E-state index in [9.17, 15) is 4.79 Å². The molecule has 1 amide bonds. The summed E-state index contributed by atoms with van der Waals surface area (Å²) in [5.74, 6) is 0.710. The maximum absolute atomic E-state index is 12.1. The van der Waals surface area contributed by atoms with Gasteiger partial charge in [0.05, 0.1) is 0 Å². The van der Waals surface area contributed by atoms with Gasteiger partial charge < -0.3 is 14.5 Å². The Hall–Kier alpha value is -0.420. The van der Waals surface area contributed by atoms with Gasteiger partial charge in [0.1, 0.15) is 5.60 Å². The molecule has 0 bridgehead atoms. The van der Waals surface area contributed by atoms with Crippen LogP contribution in [0.2, 0.25) is 0 Å². The molecule has 0 spiro atoms. The van der Waals surface area contributed by atoms with Gasteiger partial charge in [-0.25, -0.2) is 4.79 Å². The lowest BCUT2D eigenvalue weighted by Gasteiger charge is -2.37. The van der Waals surface area contributed by atoms with Crippen LogP contribution in [0.3, 0.4) is 0 Å². The third-order valence-corrected chi connectivity index (χ3v) is 6.25. The molecule has 2 atom stereocenters. The molecule has 2 fully saturated rings. The van der Waals surface area contributed by atoms with Gasteiger partial charge in [0.15, 0.2) is 0 Å². The highest BCUT2D eigenvalue weighted by Gasteiger charge is 2.32. The van der Waals surface area contributed by atoms with Gasteiger partial charge in [-0.05, 0) is 65.7 Å². The fourth-order valence-electron chi connectivity index (χ4n) is 3.85. The van der Waals surface area contributed by atoms with Gasteiger partial charge in [-0.15, -0.1) is 0 Å². The Morgan fingerprint density at radius 2 is 1.87 bits per heavy atom. The second kappa shape index (κ2) is 8.11. The molecular weight excluding hydrogens is 308 g/mol. The number of hydrogen-bond acceptors (Lipinski definition) is 4. The van der Waals surface area contributed by atoms with Crippen molar-refractivity contribution in [3.8, 4) is 0 Å². The van der Waals surface area contributed by atoms with E-state index >= 15 is 0 Å². The number of likely N-dealkylation sites (tertiary alicyclic amines) is 1. The van der Waals surface area contributed by atoms with Crippen molar-refractivity contribution >= 4 is 17.9 Å². The Morgan fingerprint density at radius 1 is 1.22 bits per heavy atom. The number of piperidine rings is 1. The molecule has 0 unspecified atom stereocenters. The van der Waals surface area contributed by atoms with E-state index in [1.165, 1.54) is 25.8 Å². The van der Waals surface area contributed by atoms with Crippen molar-refractivity contribution in [2.45, 2.75) is 69.8 Å². The van der Waals surface area contributed by atoms with Crippen molar-refractivity contribution in [2.75, 3.05) is 32.9 Å². The van der Waals surface area contributed by atoms with Crippen LogP contribution in [0, 0.1) is 5.92 Å². The summed E-state index contributed by atoms with van der Waals surface area (Å²) < 4.78 is 5.48. The minimum atomic E-state index is -0.399. The summed E-state index contributed by atoms with van der Waals surface area (Å²) >= 11 is 2.03. The lowest BCUT2D eigenvalue weighted by molar-refractivity contribution is 0.0168. The molecular formula is C18H34N2O2S. The molecule has 2 rings (SSSR count). The number of hydrogen-bond donors (Lipinski definition) is 0. The highest BCUT2D eigenvalue weighted by atomic mass is 32.2. The van der Waals surface area contributed by atoms with Crippen molar-refractivity contribution < 1.29 is 9.53 Å². The van der Waals surface area contributed by atoms with E-state index in [2.05, 4.69) is 18.2 Å². The fourth-order valence-corrected chi connectivity index (χ4v) is 4.91. The first-order valence-corrected chi connectivity index (χ1v) is 10.3. The second-order valence-corrected chi connectivity index (χ2v) is 9.20. The van der Waals surface area contributed by atoms with Crippen molar-refractivity contribution in [2.24, 2.45) is 5.92 Å². The molecule has 0 radical (unpaired) electrons. The molecule has 0 N–H and O–H groups in total. The second-order valence-electron chi connectivity index (χ2n) is 8.12. The van der Waals surface area contributed by atoms with Gasteiger partial charge in [0.2, 0.25) is 0 Å². The van der Waals surface area contributed by atoms with Crippen LogP contribution in [0.5, 0.6) is 0 Å². The molecule has 5 heteroatoms. The Kier molecular flexibility index (Phi) is 6.66. The zero-order valence-corrected chi connectivity index (χ0v) is 16.3. The van der Waals surface area contributed by atoms with E-state index in [4.69, 9.17) is 4.74 Å². The Bertz CT molecular complexity index is 389. The largest absolute Gasteiger partial charge is 0.444 e. The summed E-state index contributed by atoms with van der Waals surface area (Å²) in [7, 11) is 2.29. The summed E-state index contributed by atoms with van der Waals surface area (Å²) in [4.78, 5) is 16.6. The summed E-state index contributed by atoms with van der Waals surface area (Å²) in [6, 6.07) is 0.744. The standard InChI is InChI=1S/C18H34N2O2S/c1-18(2,3)22-17(21)20-11-9-14(10-12-20)13-19(4)15-7-6-8-16(15)23-5/h14-16H,6-13H2,1-5H3/t15-,16+/m0/s1. The lowest BCUT2D eigenvalue weighted by atomic mass is 9.96. The van der Waals surface area contributed by atoms with Crippen LogP contribution in [0.4, 0.5) is 4.79 Å². The number of thioether (sulfide) groups is 1. The number of ether oxygens (including phenoxy) is 1. The van der Waals surface area contributed by atoms with Crippen LogP contribution in [0.15, 0.2) is 0 Å². The highest BCUT2D eigenvalue weighted by Crippen LogP contribution is 2.32. The van der Waals surface area contributed by atoms with E-state index in [0.717, 1.165) is 37.2 Å². The molecule has 1 saturated carbocycles. The van der Waals surface area contributed by atoms with Gasteiger partial charge >= 0.3 is 6.09 Å². The molecule has 23 heavy (non-hydrogen) atoms. The quantitative estimate of drug-likeness (QED) is 0.777. The highest BCUT2D eigenvalue weighted by molar-refractivity contribution is 7.99. The first kappa shape index (κ1) is 18.9. The van der Waals surface area contributed by atoms with E-state index in [0.29, 0.717) is 5.92 Å². The predicted molar refractivity (Wildman–Crippen MR) is 98.1 cm³/mol. The predicted octanol–water partition coefficient (Wildman–Crippen LogP) is 3.85. The number of amides is 1. The maximum atomic E-state index is 12.1. The number of carbonyl (C=O) groups excluding carboxylic acids is 1. The van der Waals surface area contributed by atoms with Crippen molar-refractivity contribution in [3.63, 3.8) is 0 Å². The van der Waals surface area contributed by atoms with E-state index in [1.54, 1.807) is 0 Å². The van der Waals surface area contributed by atoms with Crippen molar-refractivity contribution in [1.29, 1.82) is 0 Å². The van der Waals surface area contributed by atoms with Crippen LogP contribution >= 0.6 is 11.8 Å². The molecule has 2 aliphatic rings. The van der Waals surface area contributed by atoms with Crippen molar-refractivity contribution in [1.82, 2.24) is 9.80 Å². The van der Waals surface area contributed by atoms with E-state index in [1.807, 2.05) is 37.4 Å². The van der Waals surface area contributed by atoms with Crippen molar-refractivity contribution in [3.05, 3.63) is 0 Å². The van der Waals surface area contributed by atoms with Crippen LogP contribution in [0.25, 0.3) is 0 Å². The fraction of sp³-hybridized carbons (Fsp3) is 0.944. The van der Waals surface area contributed by atoms with Gasteiger partial charge in [0, 0.05) is 30.9 Å². The SMILES string of the molecule is CS[C@@H]1CCC[C@@H]1N(C)CC1CCN(C(=O)OC(C)(C)C)CC1. The third kappa shape index (κ3) is 5.56. The Balaban J connectivity index is 1.75. The molecule has 0 aromatic carbocycles. The zero-order valence-electron chi connectivity index (χ0n) is 15.5. The Morgan fingerprint density at radius 3 is 2.43 bits per heavy atom. The topological polar surface area (TPSA) is 32.8 Å². The first-order valence-electron chi connectivity index (χ1n) is 9.01. The molecule has 1 aliphatic carbocycles. The number of rotatable bonds is 4. The number of carbonyl (C=O) groups is 1. The van der Waals surface area contributed by atoms with Crippen LogP contribution in [0.1, 0.15) is 52.9 Å². The lowest BCUT2D eigenvalue weighted by Crippen LogP contribution is -2.45. The molecule has 0 aromatic heterocycles. The van der Waals surface area contributed by atoms with Crippen LogP contribution < -0.4 is 0 Å². The molecule has 4 nitrogen and oxygen atoms in total. The van der Waals surface area contributed by atoms with Gasteiger partial charge in [-0.2, -0.15) is 11.8 Å². The summed E-state index contributed by atoms with van der Waals surface area (Å²) in [6.45, 7) is 8.63. The normalized spacial score (nSPS) is 26.8. The molecule has 1 saturated heterocycles. The van der Waals surface area contributed by atoms with Gasteiger partial charge in [0.25, 0.3) is 0 Å². The average molecular weight is 343 g/mol. The summed E-state index contributed by atoms with van der Waals surface area (Å²) in [6.07, 6.45) is 8.38. The molecule has 0 aromatic rings. The third-order valence-electron chi connectivity index (χ3n) is 5.10. The van der Waals surface area contributed by atoms with Gasteiger partial charge in [-0.3, -0.25) is 0 Å². The van der Waals surface area contributed by atoms with Gasteiger partial charge in [-0.1, -0.05) is 6.42 Å². The Labute approximate surface area is 146 Å². The smallest absolute Gasteiger partial charge is 0.410 e. The minimum absolute atomic E-state index is 0.150. The monoisotopic (exact) mass is 342 g/mol. The number of nitrogens with zero attached hydrogens (tertiary/aromatic N) is 2. The first-order chi connectivity index (χ1) is 10.8. The average Bonchev–Trinajstić information content (AvgIpc) is 2.94. The maximum Gasteiger partial charge on any atom is 0.410 e.